The lowest BCUT2D eigenvalue weighted by atomic mass is 9.91. The van der Waals surface area contributed by atoms with Crippen LogP contribution in [0.3, 0.4) is 0 Å². The van der Waals surface area contributed by atoms with Gasteiger partial charge in [-0.2, -0.15) is 0 Å². The van der Waals surface area contributed by atoms with Crippen molar-refractivity contribution < 1.29 is 27.5 Å². The van der Waals surface area contributed by atoms with Crippen molar-refractivity contribution in [3.05, 3.63) is 23.8 Å². The molecule has 7 nitrogen and oxygen atoms in total. The average molecular weight is 385 g/mol. The SMILES string of the molecule is COc1ccc(C(=O)OCC(=O)C(C)(C)C)cc1S(=O)(=O)NC(C)(C)C. The molecule has 0 fully saturated rings. The third kappa shape index (κ3) is 6.10. The summed E-state index contributed by atoms with van der Waals surface area (Å²) in [6.07, 6.45) is 0. The number of methoxy groups -OCH3 is 1. The van der Waals surface area contributed by atoms with Gasteiger partial charge in [0.15, 0.2) is 12.4 Å². The third-order valence-corrected chi connectivity index (χ3v) is 5.08. The Labute approximate surface area is 155 Å². The molecule has 0 bridgehead atoms. The van der Waals surface area contributed by atoms with Crippen molar-refractivity contribution in [3.8, 4) is 5.75 Å². The standard InChI is InChI=1S/C18H27NO6S/c1-17(2,3)15(20)11-25-16(21)12-8-9-13(24-7)14(10-12)26(22,23)19-18(4,5)6/h8-10,19H,11H2,1-7H3. The fourth-order valence-corrected chi connectivity index (χ4v) is 3.52. The van der Waals surface area contributed by atoms with Gasteiger partial charge < -0.3 is 9.47 Å². The van der Waals surface area contributed by atoms with Gasteiger partial charge in [0.25, 0.3) is 0 Å². The second kappa shape index (κ2) is 7.75. The molecule has 0 aliphatic rings. The Morgan fingerprint density at radius 2 is 1.65 bits per heavy atom. The maximum absolute atomic E-state index is 12.6. The molecule has 1 N–H and O–H groups in total. The zero-order valence-electron chi connectivity index (χ0n) is 16.3. The molecule has 0 spiro atoms. The smallest absolute Gasteiger partial charge is 0.338 e. The molecule has 1 aromatic carbocycles. The number of benzene rings is 1. The normalized spacial score (nSPS) is 12.6. The van der Waals surface area contributed by atoms with E-state index in [4.69, 9.17) is 9.47 Å². The Bertz CT molecular complexity index is 785. The first-order valence-corrected chi connectivity index (χ1v) is 9.58. The fourth-order valence-electron chi connectivity index (χ4n) is 1.90. The first-order chi connectivity index (χ1) is 11.7. The highest BCUT2D eigenvalue weighted by molar-refractivity contribution is 7.89. The van der Waals surface area contributed by atoms with Crippen LogP contribution >= 0.6 is 0 Å². The van der Waals surface area contributed by atoms with Crippen LogP contribution in [0.15, 0.2) is 23.1 Å². The zero-order chi connectivity index (χ0) is 20.3. The summed E-state index contributed by atoms with van der Waals surface area (Å²) in [5.41, 5.74) is -1.33. The minimum absolute atomic E-state index is 0.0155. The van der Waals surface area contributed by atoms with Crippen molar-refractivity contribution in [1.82, 2.24) is 4.72 Å². The van der Waals surface area contributed by atoms with Gasteiger partial charge in [-0.15, -0.1) is 0 Å². The van der Waals surface area contributed by atoms with Crippen molar-refractivity contribution in [3.63, 3.8) is 0 Å². The Kier molecular flexibility index (Phi) is 6.59. The molecule has 0 aromatic heterocycles. The molecule has 146 valence electrons. The number of carbonyl (C=O) groups is 2. The lowest BCUT2D eigenvalue weighted by Gasteiger charge is -2.21. The largest absolute Gasteiger partial charge is 0.495 e. The predicted octanol–water partition coefficient (Wildman–Crippen LogP) is 2.54. The topological polar surface area (TPSA) is 98.8 Å². The van der Waals surface area contributed by atoms with E-state index >= 15 is 0 Å². The second-order valence-corrected chi connectivity index (χ2v) is 9.62. The summed E-state index contributed by atoms with van der Waals surface area (Å²) in [6.45, 7) is 9.89. The van der Waals surface area contributed by atoms with Crippen LogP contribution in [0.25, 0.3) is 0 Å². The van der Waals surface area contributed by atoms with Gasteiger partial charge in [-0.25, -0.2) is 17.9 Å². The van der Waals surface area contributed by atoms with Crippen LogP contribution in [0.5, 0.6) is 5.75 Å². The Morgan fingerprint density at radius 1 is 1.08 bits per heavy atom. The number of ketones is 1. The van der Waals surface area contributed by atoms with Crippen LogP contribution < -0.4 is 9.46 Å². The highest BCUT2D eigenvalue weighted by atomic mass is 32.2. The van der Waals surface area contributed by atoms with E-state index < -0.39 is 26.9 Å². The van der Waals surface area contributed by atoms with Gasteiger partial charge >= 0.3 is 5.97 Å². The number of Topliss-reactive ketones (excluding diaryl/α,β-unsaturated/α-hetero) is 1. The molecule has 0 aliphatic heterocycles. The van der Waals surface area contributed by atoms with Gasteiger partial charge in [0, 0.05) is 11.0 Å². The van der Waals surface area contributed by atoms with Gasteiger partial charge in [0.2, 0.25) is 10.0 Å². The van der Waals surface area contributed by atoms with Crippen molar-refractivity contribution in [2.24, 2.45) is 5.41 Å². The van der Waals surface area contributed by atoms with E-state index in [1.807, 2.05) is 0 Å². The minimum atomic E-state index is -3.92. The highest BCUT2D eigenvalue weighted by Gasteiger charge is 2.27. The molecule has 0 atom stereocenters. The van der Waals surface area contributed by atoms with E-state index in [9.17, 15) is 18.0 Å². The number of hydrogen-bond donors (Lipinski definition) is 1. The molecule has 0 saturated heterocycles. The van der Waals surface area contributed by atoms with Crippen LogP contribution in [0.4, 0.5) is 0 Å². The van der Waals surface area contributed by atoms with E-state index in [0.29, 0.717) is 0 Å². The minimum Gasteiger partial charge on any atom is -0.495 e. The van der Waals surface area contributed by atoms with E-state index in [-0.39, 0.29) is 28.6 Å². The second-order valence-electron chi connectivity index (χ2n) is 7.97. The molecular weight excluding hydrogens is 358 g/mol. The van der Waals surface area contributed by atoms with Crippen molar-refractivity contribution >= 4 is 21.8 Å². The molecular formula is C18H27NO6S. The maximum atomic E-state index is 12.6. The Hall–Kier alpha value is -1.93. The number of nitrogens with one attached hydrogen (secondary N) is 1. The van der Waals surface area contributed by atoms with Crippen LogP contribution in [-0.2, 0) is 19.6 Å². The number of ether oxygens (including phenoxy) is 2. The Morgan fingerprint density at radius 3 is 2.12 bits per heavy atom. The van der Waals surface area contributed by atoms with E-state index in [2.05, 4.69) is 4.72 Å². The summed E-state index contributed by atoms with van der Waals surface area (Å²) in [5.74, 6) is -0.914. The lowest BCUT2D eigenvalue weighted by Crippen LogP contribution is -2.40. The molecule has 0 amide bonds. The average Bonchev–Trinajstić information content (AvgIpc) is 2.48. The van der Waals surface area contributed by atoms with E-state index in [1.165, 1.54) is 25.3 Å². The molecule has 0 aliphatic carbocycles. The highest BCUT2D eigenvalue weighted by Crippen LogP contribution is 2.26. The molecule has 0 saturated carbocycles. The van der Waals surface area contributed by atoms with Crippen molar-refractivity contribution in [2.75, 3.05) is 13.7 Å². The summed E-state index contributed by atoms with van der Waals surface area (Å²) in [7, 11) is -2.58. The number of carbonyl (C=O) groups excluding carboxylic acids is 2. The van der Waals surface area contributed by atoms with Gasteiger partial charge in [0.05, 0.1) is 12.7 Å². The third-order valence-electron chi connectivity index (χ3n) is 3.30. The summed E-state index contributed by atoms with van der Waals surface area (Å²) in [4.78, 5) is 23.9. The predicted molar refractivity (Wildman–Crippen MR) is 97.8 cm³/mol. The van der Waals surface area contributed by atoms with Gasteiger partial charge in [0.1, 0.15) is 10.6 Å². The summed E-state index contributed by atoms with van der Waals surface area (Å²) < 4.78 is 37.8. The fraction of sp³-hybridized carbons (Fsp3) is 0.556. The monoisotopic (exact) mass is 385 g/mol. The number of hydrogen-bond acceptors (Lipinski definition) is 6. The Balaban J connectivity index is 3.14. The van der Waals surface area contributed by atoms with Crippen LogP contribution in [0, 0.1) is 5.41 Å². The van der Waals surface area contributed by atoms with Gasteiger partial charge in [-0.3, -0.25) is 4.79 Å². The number of sulfonamides is 1. The summed E-state index contributed by atoms with van der Waals surface area (Å²) in [5, 5.41) is 0. The van der Waals surface area contributed by atoms with Crippen LogP contribution in [0.1, 0.15) is 51.9 Å². The molecule has 8 heteroatoms. The lowest BCUT2D eigenvalue weighted by molar-refractivity contribution is -0.129. The van der Waals surface area contributed by atoms with Crippen LogP contribution in [-0.4, -0.2) is 39.4 Å². The molecule has 0 unspecified atom stereocenters. The van der Waals surface area contributed by atoms with Crippen molar-refractivity contribution in [2.45, 2.75) is 52.0 Å². The van der Waals surface area contributed by atoms with Gasteiger partial charge in [-0.05, 0) is 39.0 Å². The molecule has 0 radical (unpaired) electrons. The molecule has 1 aromatic rings. The summed E-state index contributed by atoms with van der Waals surface area (Å²) in [6, 6.07) is 3.94. The van der Waals surface area contributed by atoms with E-state index in [0.717, 1.165) is 0 Å². The van der Waals surface area contributed by atoms with E-state index in [1.54, 1.807) is 41.5 Å². The number of rotatable bonds is 6. The first-order valence-electron chi connectivity index (χ1n) is 8.10. The summed E-state index contributed by atoms with van der Waals surface area (Å²) >= 11 is 0. The molecule has 26 heavy (non-hydrogen) atoms. The quantitative estimate of drug-likeness (QED) is 0.756. The number of esters is 1. The molecule has 0 heterocycles. The van der Waals surface area contributed by atoms with Crippen molar-refractivity contribution in [1.29, 1.82) is 0 Å². The maximum Gasteiger partial charge on any atom is 0.338 e. The molecule has 1 rings (SSSR count). The first kappa shape index (κ1) is 22.1. The zero-order valence-corrected chi connectivity index (χ0v) is 17.1. The van der Waals surface area contributed by atoms with Gasteiger partial charge in [-0.1, -0.05) is 20.8 Å². The van der Waals surface area contributed by atoms with Crippen LogP contribution in [0.2, 0.25) is 0 Å².